The molecular weight excluding hydrogens is 446 g/mol. The van der Waals surface area contributed by atoms with Crippen molar-refractivity contribution in [2.24, 2.45) is 0 Å². The summed E-state index contributed by atoms with van der Waals surface area (Å²) >= 11 is 0. The molecule has 0 atom stereocenters. The Morgan fingerprint density at radius 3 is 2.66 bits per heavy atom. The van der Waals surface area contributed by atoms with Crippen LogP contribution in [0.15, 0.2) is 41.3 Å². The Morgan fingerprint density at radius 2 is 1.97 bits per heavy atom. The largest absolute Gasteiger partial charge is 0.495 e. The fourth-order valence-electron chi connectivity index (χ4n) is 3.35. The lowest BCUT2D eigenvalue weighted by molar-refractivity contribution is 0.0730. The fourth-order valence-corrected chi connectivity index (χ4v) is 4.78. The lowest BCUT2D eigenvalue weighted by Gasteiger charge is -2.26. The van der Waals surface area contributed by atoms with Crippen molar-refractivity contribution in [3.05, 3.63) is 47.8 Å². The molecule has 1 aromatic heterocycles. The van der Waals surface area contributed by atoms with Crippen molar-refractivity contribution in [1.82, 2.24) is 14.3 Å². The number of anilines is 1. The van der Waals surface area contributed by atoms with E-state index < -0.39 is 28.2 Å². The Morgan fingerprint density at radius 1 is 1.22 bits per heavy atom. The molecule has 1 aliphatic heterocycles. The van der Waals surface area contributed by atoms with Crippen LogP contribution in [0.1, 0.15) is 22.6 Å². The highest BCUT2D eigenvalue weighted by atomic mass is 32.2. The van der Waals surface area contributed by atoms with Gasteiger partial charge in [-0.15, -0.1) is 0 Å². The smallest absolute Gasteiger partial charge is 0.295 e. The van der Waals surface area contributed by atoms with Crippen LogP contribution >= 0.6 is 0 Å². The van der Waals surface area contributed by atoms with Crippen LogP contribution in [0.2, 0.25) is 0 Å². The summed E-state index contributed by atoms with van der Waals surface area (Å²) in [7, 11) is -2.39. The third-order valence-electron chi connectivity index (χ3n) is 5.00. The molecule has 2 N–H and O–H groups in total. The number of nitrogens with zero attached hydrogens (tertiary/aromatic N) is 2. The van der Waals surface area contributed by atoms with Crippen molar-refractivity contribution >= 4 is 32.7 Å². The van der Waals surface area contributed by atoms with Gasteiger partial charge in [0.15, 0.2) is 5.82 Å². The van der Waals surface area contributed by atoms with Gasteiger partial charge in [-0.1, -0.05) is 0 Å². The molecule has 3 aromatic rings. The molecule has 1 fully saturated rings. The van der Waals surface area contributed by atoms with Crippen LogP contribution in [0.5, 0.6) is 5.75 Å². The number of ether oxygens (including phenoxy) is 2. The summed E-state index contributed by atoms with van der Waals surface area (Å²) in [5, 5.41) is 2.63. The minimum atomic E-state index is -3.78. The molecule has 32 heavy (non-hydrogen) atoms. The minimum absolute atomic E-state index is 0.00101. The van der Waals surface area contributed by atoms with Crippen LogP contribution in [-0.2, 0) is 14.8 Å². The number of amides is 1. The van der Waals surface area contributed by atoms with Gasteiger partial charge in [0.05, 0.1) is 41.9 Å². The molecule has 0 saturated carbocycles. The van der Waals surface area contributed by atoms with Crippen molar-refractivity contribution in [3.63, 3.8) is 0 Å². The normalized spacial score (nSPS) is 15.2. The van der Waals surface area contributed by atoms with Gasteiger partial charge in [0, 0.05) is 18.7 Å². The first-order valence-corrected chi connectivity index (χ1v) is 11.1. The number of fused-ring (bicyclic) bond motifs is 1. The van der Waals surface area contributed by atoms with E-state index in [4.69, 9.17) is 9.47 Å². The summed E-state index contributed by atoms with van der Waals surface area (Å²) in [6.07, 6.45) is -2.76. The summed E-state index contributed by atoms with van der Waals surface area (Å²) in [4.78, 5) is 19.1. The zero-order chi connectivity index (χ0) is 22.9. The number of hydrogen-bond acceptors (Lipinski definition) is 6. The summed E-state index contributed by atoms with van der Waals surface area (Å²) in [5.41, 5.74) is 0.909. The molecule has 0 spiro atoms. The predicted octanol–water partition coefficient (Wildman–Crippen LogP) is 2.78. The molecule has 0 aliphatic carbocycles. The van der Waals surface area contributed by atoms with Crippen LogP contribution in [0, 0.1) is 0 Å². The molecule has 12 heteroatoms. The van der Waals surface area contributed by atoms with Crippen LogP contribution in [-0.4, -0.2) is 62.0 Å². The van der Waals surface area contributed by atoms with Crippen LogP contribution < -0.4 is 10.1 Å². The molecule has 0 bridgehead atoms. The topological polar surface area (TPSA) is 114 Å². The number of imidazole rings is 1. The average Bonchev–Trinajstić information content (AvgIpc) is 3.23. The second-order valence-corrected chi connectivity index (χ2v) is 8.93. The molecule has 2 aromatic carbocycles. The van der Waals surface area contributed by atoms with Crippen LogP contribution in [0.3, 0.4) is 0 Å². The van der Waals surface area contributed by atoms with Crippen LogP contribution in [0.4, 0.5) is 14.5 Å². The number of carbonyl (C=O) groups excluding carboxylic acids is 1. The van der Waals surface area contributed by atoms with Gasteiger partial charge in [0.2, 0.25) is 10.0 Å². The number of rotatable bonds is 6. The van der Waals surface area contributed by atoms with E-state index >= 15 is 0 Å². The molecule has 1 aliphatic rings. The maximum atomic E-state index is 12.9. The van der Waals surface area contributed by atoms with Crippen molar-refractivity contribution in [1.29, 1.82) is 0 Å². The zero-order valence-electron chi connectivity index (χ0n) is 17.0. The number of hydrogen-bond donors (Lipinski definition) is 2. The highest BCUT2D eigenvalue weighted by Crippen LogP contribution is 2.30. The van der Waals surface area contributed by atoms with E-state index in [1.165, 1.54) is 47.8 Å². The number of H-pyrrole nitrogens is 1. The quantitative estimate of drug-likeness (QED) is 0.578. The first-order chi connectivity index (χ1) is 15.3. The standard InChI is InChI=1S/C20H20F2N4O5S/c1-30-17-5-3-13(32(28,29)26-6-8-31-9-7-26)11-16(17)25-20(27)12-2-4-14-15(10-12)24-19(23-14)18(21)22/h2-5,10-11,18H,6-9H2,1H3,(H,23,24)(H,25,27). The van der Waals surface area contributed by atoms with Crippen LogP contribution in [0.25, 0.3) is 11.0 Å². The predicted molar refractivity (Wildman–Crippen MR) is 112 cm³/mol. The number of benzene rings is 2. The number of carbonyl (C=O) groups is 1. The second kappa shape index (κ2) is 8.81. The molecule has 9 nitrogen and oxygen atoms in total. The van der Waals surface area contributed by atoms with Gasteiger partial charge in [-0.05, 0) is 36.4 Å². The summed E-state index contributed by atoms with van der Waals surface area (Å²) < 4.78 is 63.4. The van der Waals surface area contributed by atoms with E-state index in [0.717, 1.165) is 0 Å². The highest BCUT2D eigenvalue weighted by molar-refractivity contribution is 7.89. The van der Waals surface area contributed by atoms with E-state index in [0.29, 0.717) is 18.7 Å². The van der Waals surface area contributed by atoms with Gasteiger partial charge in [-0.25, -0.2) is 22.2 Å². The first-order valence-electron chi connectivity index (χ1n) is 9.64. The SMILES string of the molecule is COc1ccc(S(=O)(=O)N2CCOCC2)cc1NC(=O)c1ccc2nc(C(F)F)[nH]c2c1. The van der Waals surface area contributed by atoms with Crippen molar-refractivity contribution in [2.75, 3.05) is 38.7 Å². The number of morpholine rings is 1. The molecule has 4 rings (SSSR count). The number of halogens is 2. The van der Waals surface area contributed by atoms with Gasteiger partial charge in [-0.3, -0.25) is 4.79 Å². The highest BCUT2D eigenvalue weighted by Gasteiger charge is 2.27. The number of sulfonamides is 1. The Labute approximate surface area is 182 Å². The third kappa shape index (κ3) is 4.29. The lowest BCUT2D eigenvalue weighted by Crippen LogP contribution is -2.40. The number of aromatic amines is 1. The summed E-state index contributed by atoms with van der Waals surface area (Å²) in [5.74, 6) is -0.790. The van der Waals surface area contributed by atoms with Gasteiger partial charge < -0.3 is 19.8 Å². The number of nitrogens with one attached hydrogen (secondary N) is 2. The van der Waals surface area contributed by atoms with Gasteiger partial charge >= 0.3 is 0 Å². The monoisotopic (exact) mass is 466 g/mol. The van der Waals surface area contributed by atoms with Crippen molar-refractivity contribution in [3.8, 4) is 5.75 Å². The molecule has 0 radical (unpaired) electrons. The molecular formula is C20H20F2N4O5S. The number of aromatic nitrogens is 2. The lowest BCUT2D eigenvalue weighted by atomic mass is 10.2. The number of methoxy groups -OCH3 is 1. The molecule has 170 valence electrons. The van der Waals surface area contributed by atoms with E-state index in [1.54, 1.807) is 0 Å². The van der Waals surface area contributed by atoms with E-state index in [2.05, 4.69) is 15.3 Å². The fraction of sp³-hybridized carbons (Fsp3) is 0.300. The minimum Gasteiger partial charge on any atom is -0.495 e. The maximum Gasteiger partial charge on any atom is 0.295 e. The third-order valence-corrected chi connectivity index (χ3v) is 6.89. The van der Waals surface area contributed by atoms with E-state index in [9.17, 15) is 22.0 Å². The second-order valence-electron chi connectivity index (χ2n) is 6.99. The van der Waals surface area contributed by atoms with Gasteiger partial charge in [-0.2, -0.15) is 4.31 Å². The van der Waals surface area contributed by atoms with E-state index in [1.807, 2.05) is 0 Å². The number of alkyl halides is 2. The summed E-state index contributed by atoms with van der Waals surface area (Å²) in [6, 6.07) is 8.46. The van der Waals surface area contributed by atoms with Crippen molar-refractivity contribution in [2.45, 2.75) is 11.3 Å². The van der Waals surface area contributed by atoms with Gasteiger partial charge in [0.25, 0.3) is 12.3 Å². The average molecular weight is 466 g/mol. The molecule has 1 amide bonds. The Hall–Kier alpha value is -3.09. The van der Waals surface area contributed by atoms with Crippen molar-refractivity contribution < 1.29 is 31.5 Å². The molecule has 2 heterocycles. The van der Waals surface area contributed by atoms with E-state index in [-0.39, 0.29) is 40.5 Å². The Balaban J connectivity index is 1.62. The first kappa shape index (κ1) is 22.1. The van der Waals surface area contributed by atoms with Gasteiger partial charge in [0.1, 0.15) is 5.75 Å². The molecule has 0 unspecified atom stereocenters. The zero-order valence-corrected chi connectivity index (χ0v) is 17.8. The Kier molecular flexibility index (Phi) is 6.09. The summed E-state index contributed by atoms with van der Waals surface area (Å²) in [6.45, 7) is 1.09. The molecule has 1 saturated heterocycles. The maximum absolute atomic E-state index is 12.9. The Bertz CT molecular complexity index is 1260.